The van der Waals surface area contributed by atoms with Gasteiger partial charge in [-0.3, -0.25) is 4.90 Å². The summed E-state index contributed by atoms with van der Waals surface area (Å²) in [5, 5.41) is 0. The monoisotopic (exact) mass is 347 g/mol. The summed E-state index contributed by atoms with van der Waals surface area (Å²) in [7, 11) is 0. The number of amides is 1. The fraction of sp³-hybridized carbons (Fsp3) is 0.600. The average molecular weight is 347 g/mol. The number of nitrogens with zero attached hydrogens (tertiary/aromatic N) is 1. The van der Waals surface area contributed by atoms with Gasteiger partial charge < -0.3 is 9.47 Å². The summed E-state index contributed by atoms with van der Waals surface area (Å²) in [6, 6.07) is 9.58. The third-order valence-corrected chi connectivity index (χ3v) is 4.76. The van der Waals surface area contributed by atoms with Crippen molar-refractivity contribution in [3.05, 3.63) is 35.9 Å². The molecule has 138 valence electrons. The zero-order valence-electron chi connectivity index (χ0n) is 15.3. The largest absolute Gasteiger partial charge is 0.464 e. The Bertz CT molecular complexity index is 560. The fourth-order valence-electron chi connectivity index (χ4n) is 3.41. The molecule has 1 aromatic rings. The highest BCUT2D eigenvalue weighted by Crippen LogP contribution is 2.35. The Morgan fingerprint density at radius 3 is 2.56 bits per heavy atom. The lowest BCUT2D eigenvalue weighted by Gasteiger charge is -2.44. The molecule has 0 unspecified atom stereocenters. The zero-order chi connectivity index (χ0) is 18.1. The van der Waals surface area contributed by atoms with Gasteiger partial charge >= 0.3 is 12.1 Å². The van der Waals surface area contributed by atoms with E-state index in [-0.39, 0.29) is 12.6 Å². The molecule has 5 nitrogen and oxygen atoms in total. The minimum atomic E-state index is -0.877. The van der Waals surface area contributed by atoms with Gasteiger partial charge in [0.05, 0.1) is 6.61 Å². The molecule has 0 saturated carbocycles. The highest BCUT2D eigenvalue weighted by molar-refractivity contribution is 5.86. The van der Waals surface area contributed by atoms with E-state index in [9.17, 15) is 9.59 Å². The number of rotatable bonds is 7. The van der Waals surface area contributed by atoms with Crippen LogP contribution in [0, 0.1) is 0 Å². The first kappa shape index (κ1) is 19.3. The minimum absolute atomic E-state index is 0.211. The summed E-state index contributed by atoms with van der Waals surface area (Å²) < 4.78 is 10.8. The number of ether oxygens (including phenoxy) is 2. The first-order valence-corrected chi connectivity index (χ1v) is 9.29. The normalized spacial score (nSPS) is 20.2. The van der Waals surface area contributed by atoms with Gasteiger partial charge in [-0.2, -0.15) is 0 Å². The van der Waals surface area contributed by atoms with Crippen molar-refractivity contribution in [2.75, 3.05) is 13.2 Å². The van der Waals surface area contributed by atoms with E-state index < -0.39 is 11.6 Å². The highest BCUT2D eigenvalue weighted by Gasteiger charge is 2.49. The number of unbranched alkanes of at least 4 members (excludes halogenated alkanes) is 1. The van der Waals surface area contributed by atoms with Crippen LogP contribution in [0.25, 0.3) is 0 Å². The highest BCUT2D eigenvalue weighted by atomic mass is 16.6. The summed E-state index contributed by atoms with van der Waals surface area (Å²) >= 11 is 0. The average Bonchev–Trinajstić information content (AvgIpc) is 2.65. The van der Waals surface area contributed by atoms with E-state index in [2.05, 4.69) is 6.92 Å². The van der Waals surface area contributed by atoms with Gasteiger partial charge in [-0.1, -0.05) is 50.1 Å². The molecule has 0 N–H and O–H groups in total. The second-order valence-electron chi connectivity index (χ2n) is 6.50. The smallest absolute Gasteiger partial charge is 0.411 e. The van der Waals surface area contributed by atoms with Crippen LogP contribution < -0.4 is 0 Å². The van der Waals surface area contributed by atoms with E-state index in [0.717, 1.165) is 31.2 Å². The minimum Gasteiger partial charge on any atom is -0.464 e. The summed E-state index contributed by atoms with van der Waals surface area (Å²) in [4.78, 5) is 27.1. The summed E-state index contributed by atoms with van der Waals surface area (Å²) in [5.41, 5.74) is 0.0565. The van der Waals surface area contributed by atoms with Crippen LogP contribution in [0.3, 0.4) is 0 Å². The van der Waals surface area contributed by atoms with Crippen LogP contribution in [-0.2, 0) is 20.9 Å². The maximum atomic E-state index is 12.8. The topological polar surface area (TPSA) is 55.8 Å². The Hall–Kier alpha value is -2.04. The molecular formula is C20H29NO4. The van der Waals surface area contributed by atoms with E-state index in [1.54, 1.807) is 11.8 Å². The summed E-state index contributed by atoms with van der Waals surface area (Å²) in [6.07, 6.45) is 4.50. The van der Waals surface area contributed by atoms with E-state index in [0.29, 0.717) is 26.0 Å². The van der Waals surface area contributed by atoms with Crippen LogP contribution in [0.15, 0.2) is 30.3 Å². The zero-order valence-corrected chi connectivity index (χ0v) is 15.3. The Balaban J connectivity index is 2.14. The van der Waals surface area contributed by atoms with Gasteiger partial charge in [0.1, 0.15) is 12.1 Å². The molecule has 25 heavy (non-hydrogen) atoms. The Labute approximate surface area is 150 Å². The second-order valence-corrected chi connectivity index (χ2v) is 6.50. The van der Waals surface area contributed by atoms with E-state index in [1.165, 1.54) is 0 Å². The number of hydrogen-bond donors (Lipinski definition) is 0. The molecule has 1 aromatic carbocycles. The van der Waals surface area contributed by atoms with Crippen LogP contribution in [-0.4, -0.2) is 35.7 Å². The van der Waals surface area contributed by atoms with Gasteiger partial charge in [0.25, 0.3) is 0 Å². The molecule has 0 aromatic heterocycles. The molecular weight excluding hydrogens is 318 g/mol. The van der Waals surface area contributed by atoms with Gasteiger partial charge in [-0.15, -0.1) is 0 Å². The first-order valence-electron chi connectivity index (χ1n) is 9.29. The molecule has 1 heterocycles. The van der Waals surface area contributed by atoms with Crippen LogP contribution in [0.5, 0.6) is 0 Å². The summed E-state index contributed by atoms with van der Waals surface area (Å²) in [6.45, 7) is 4.95. The Morgan fingerprint density at radius 2 is 1.88 bits per heavy atom. The molecule has 1 aliphatic rings. The van der Waals surface area contributed by atoms with Crippen molar-refractivity contribution in [1.29, 1.82) is 0 Å². The van der Waals surface area contributed by atoms with E-state index in [4.69, 9.17) is 9.47 Å². The van der Waals surface area contributed by atoms with Gasteiger partial charge in [0.15, 0.2) is 0 Å². The molecule has 2 rings (SSSR count). The molecule has 0 spiro atoms. The lowest BCUT2D eigenvalue weighted by molar-refractivity contribution is -0.160. The van der Waals surface area contributed by atoms with Crippen molar-refractivity contribution in [2.24, 2.45) is 0 Å². The van der Waals surface area contributed by atoms with Crippen LogP contribution >= 0.6 is 0 Å². The van der Waals surface area contributed by atoms with E-state index >= 15 is 0 Å². The third-order valence-electron chi connectivity index (χ3n) is 4.76. The van der Waals surface area contributed by atoms with Crippen molar-refractivity contribution < 1.29 is 19.1 Å². The number of esters is 1. The van der Waals surface area contributed by atoms with Crippen molar-refractivity contribution in [2.45, 2.75) is 64.5 Å². The van der Waals surface area contributed by atoms with Crippen LogP contribution in [0.2, 0.25) is 0 Å². The quantitative estimate of drug-likeness (QED) is 0.690. The SMILES string of the molecule is CCCC[C@@]1(C(=O)OCC)CCCCN1C(=O)OCc1ccccc1. The fourth-order valence-corrected chi connectivity index (χ4v) is 3.41. The number of carbonyl (C=O) groups excluding carboxylic acids is 2. The molecule has 0 radical (unpaired) electrons. The molecule has 0 aliphatic carbocycles. The molecule has 0 bridgehead atoms. The number of benzene rings is 1. The van der Waals surface area contributed by atoms with Gasteiger partial charge in [0, 0.05) is 6.54 Å². The van der Waals surface area contributed by atoms with E-state index in [1.807, 2.05) is 30.3 Å². The number of hydrogen-bond acceptors (Lipinski definition) is 4. The number of likely N-dealkylation sites (tertiary alicyclic amines) is 1. The lowest BCUT2D eigenvalue weighted by Crippen LogP contribution is -2.60. The van der Waals surface area contributed by atoms with Crippen molar-refractivity contribution in [3.63, 3.8) is 0 Å². The van der Waals surface area contributed by atoms with Gasteiger partial charge in [-0.05, 0) is 38.2 Å². The molecule has 1 aliphatic heterocycles. The van der Waals surface area contributed by atoms with Crippen molar-refractivity contribution in [1.82, 2.24) is 4.90 Å². The Morgan fingerprint density at radius 1 is 1.12 bits per heavy atom. The Kier molecular flexibility index (Phi) is 7.29. The summed E-state index contributed by atoms with van der Waals surface area (Å²) in [5.74, 6) is -0.292. The maximum Gasteiger partial charge on any atom is 0.411 e. The third kappa shape index (κ3) is 4.74. The number of piperidine rings is 1. The molecule has 1 atom stereocenters. The molecule has 1 amide bonds. The predicted octanol–water partition coefficient (Wildman–Crippen LogP) is 4.30. The predicted molar refractivity (Wildman–Crippen MR) is 96.1 cm³/mol. The van der Waals surface area contributed by atoms with Crippen molar-refractivity contribution in [3.8, 4) is 0 Å². The van der Waals surface area contributed by atoms with Crippen LogP contribution in [0.1, 0.15) is 57.9 Å². The van der Waals surface area contributed by atoms with Crippen LogP contribution in [0.4, 0.5) is 4.79 Å². The van der Waals surface area contributed by atoms with Crippen molar-refractivity contribution >= 4 is 12.1 Å². The van der Waals surface area contributed by atoms with Gasteiger partial charge in [-0.25, -0.2) is 9.59 Å². The molecule has 1 saturated heterocycles. The second kappa shape index (κ2) is 9.44. The lowest BCUT2D eigenvalue weighted by atomic mass is 9.82. The number of carbonyl (C=O) groups is 2. The van der Waals surface area contributed by atoms with Gasteiger partial charge in [0.2, 0.25) is 0 Å². The molecule has 5 heteroatoms. The molecule has 1 fully saturated rings. The first-order chi connectivity index (χ1) is 12.1. The maximum absolute atomic E-state index is 12.8. The standard InChI is InChI=1S/C20H29NO4/c1-3-5-13-20(18(22)24-4-2)14-9-10-15-21(20)19(23)25-16-17-11-7-6-8-12-17/h6-8,11-12H,3-5,9-10,13-16H2,1-2H3/t20-/m0/s1.